The van der Waals surface area contributed by atoms with Crippen molar-refractivity contribution in [3.05, 3.63) is 0 Å². The Bertz CT molecular complexity index is 280. The number of hydrogen-bond acceptors (Lipinski definition) is 5. The summed E-state index contributed by atoms with van der Waals surface area (Å²) in [5, 5.41) is 19.7. The summed E-state index contributed by atoms with van der Waals surface area (Å²) in [5.41, 5.74) is -0.0348. The fourth-order valence-electron chi connectivity index (χ4n) is 3.36. The fourth-order valence-corrected chi connectivity index (χ4v) is 3.36. The van der Waals surface area contributed by atoms with Crippen molar-refractivity contribution in [2.45, 2.75) is 31.4 Å². The van der Waals surface area contributed by atoms with E-state index in [2.05, 4.69) is 23.9 Å². The van der Waals surface area contributed by atoms with E-state index in [9.17, 15) is 10.2 Å². The summed E-state index contributed by atoms with van der Waals surface area (Å²) in [6.45, 7) is 4.29. The average molecular weight is 272 g/mol. The number of β-amino-alcohol motifs (C(OH)–C–C–N with tert-alkyl or cyclic N) is 1. The third kappa shape index (κ3) is 3.89. The molecule has 2 aliphatic heterocycles. The zero-order chi connectivity index (χ0) is 13.9. The predicted molar refractivity (Wildman–Crippen MR) is 74.1 cm³/mol. The lowest BCUT2D eigenvalue weighted by Gasteiger charge is -2.40. The van der Waals surface area contributed by atoms with Gasteiger partial charge in [0.2, 0.25) is 0 Å². The smallest absolute Gasteiger partial charge is 0.0682 e. The van der Waals surface area contributed by atoms with E-state index in [4.69, 9.17) is 4.74 Å². The van der Waals surface area contributed by atoms with E-state index in [1.165, 1.54) is 0 Å². The van der Waals surface area contributed by atoms with Crippen molar-refractivity contribution in [2.24, 2.45) is 5.41 Å². The molecule has 2 saturated heterocycles. The summed E-state index contributed by atoms with van der Waals surface area (Å²) in [6, 6.07) is 0.399. The molecule has 2 rings (SSSR count). The number of likely N-dealkylation sites (N-methyl/N-ethyl adjacent to an activating group) is 1. The second-order valence-corrected chi connectivity index (χ2v) is 6.51. The summed E-state index contributed by atoms with van der Waals surface area (Å²) >= 11 is 0. The van der Waals surface area contributed by atoms with Crippen LogP contribution < -0.4 is 0 Å². The maximum Gasteiger partial charge on any atom is 0.0682 e. The highest BCUT2D eigenvalue weighted by atomic mass is 16.5. The van der Waals surface area contributed by atoms with Crippen molar-refractivity contribution in [3.8, 4) is 0 Å². The minimum absolute atomic E-state index is 0.0348. The van der Waals surface area contributed by atoms with E-state index < -0.39 is 0 Å². The highest BCUT2D eigenvalue weighted by Gasteiger charge is 2.39. The summed E-state index contributed by atoms with van der Waals surface area (Å²) in [4.78, 5) is 4.54. The fraction of sp³-hybridized carbons (Fsp3) is 1.00. The first kappa shape index (κ1) is 15.2. The van der Waals surface area contributed by atoms with Gasteiger partial charge in [-0.15, -0.1) is 0 Å². The third-order valence-electron chi connectivity index (χ3n) is 4.51. The number of ether oxygens (including phenoxy) is 1. The Balaban J connectivity index is 1.98. The standard InChI is InChI=1S/C14H28N2O3/c1-15(2)8-12-7-13(18)9-16(12)10-14(11-17)3-5-19-6-4-14/h12-13,17-18H,3-11H2,1-2H3. The molecule has 2 atom stereocenters. The van der Waals surface area contributed by atoms with E-state index >= 15 is 0 Å². The number of aliphatic hydroxyl groups excluding tert-OH is 2. The summed E-state index contributed by atoms with van der Waals surface area (Å²) in [5.74, 6) is 0. The van der Waals surface area contributed by atoms with Gasteiger partial charge in [-0.3, -0.25) is 4.90 Å². The van der Waals surface area contributed by atoms with Crippen LogP contribution in [0.2, 0.25) is 0 Å². The summed E-state index contributed by atoms with van der Waals surface area (Å²) < 4.78 is 5.42. The van der Waals surface area contributed by atoms with Crippen LogP contribution in [-0.2, 0) is 4.74 Å². The van der Waals surface area contributed by atoms with Crippen LogP contribution in [-0.4, -0.2) is 85.7 Å². The van der Waals surface area contributed by atoms with Gasteiger partial charge in [0.05, 0.1) is 12.7 Å². The Kier molecular flexibility index (Phi) is 5.20. The van der Waals surface area contributed by atoms with Gasteiger partial charge in [-0.2, -0.15) is 0 Å². The van der Waals surface area contributed by atoms with Crippen LogP contribution in [0.25, 0.3) is 0 Å². The Hall–Kier alpha value is -0.200. The molecule has 0 radical (unpaired) electrons. The molecule has 2 aliphatic rings. The van der Waals surface area contributed by atoms with E-state index in [0.29, 0.717) is 6.04 Å². The Morgan fingerprint density at radius 2 is 2.00 bits per heavy atom. The maximum atomic E-state index is 9.92. The molecular formula is C14H28N2O3. The summed E-state index contributed by atoms with van der Waals surface area (Å²) in [7, 11) is 4.14. The van der Waals surface area contributed by atoms with Gasteiger partial charge < -0.3 is 19.8 Å². The molecule has 5 nitrogen and oxygen atoms in total. The third-order valence-corrected chi connectivity index (χ3v) is 4.51. The molecule has 2 N–H and O–H groups in total. The molecule has 19 heavy (non-hydrogen) atoms. The molecule has 0 spiro atoms. The number of rotatable bonds is 5. The highest BCUT2D eigenvalue weighted by molar-refractivity contribution is 4.92. The second kappa shape index (κ2) is 6.50. The van der Waals surface area contributed by atoms with Crippen molar-refractivity contribution in [1.82, 2.24) is 9.80 Å². The van der Waals surface area contributed by atoms with Crippen molar-refractivity contribution >= 4 is 0 Å². The molecule has 0 aromatic carbocycles. The average Bonchev–Trinajstić information content (AvgIpc) is 2.69. The van der Waals surface area contributed by atoms with E-state index in [-0.39, 0.29) is 18.1 Å². The lowest BCUT2D eigenvalue weighted by atomic mass is 9.80. The quantitative estimate of drug-likeness (QED) is 0.724. The molecule has 0 saturated carbocycles. The first-order valence-electron chi connectivity index (χ1n) is 7.30. The van der Waals surface area contributed by atoms with Gasteiger partial charge in [-0.1, -0.05) is 0 Å². The first-order chi connectivity index (χ1) is 9.04. The van der Waals surface area contributed by atoms with E-state index in [1.807, 2.05) is 0 Å². The number of nitrogens with zero attached hydrogens (tertiary/aromatic N) is 2. The van der Waals surface area contributed by atoms with Crippen molar-refractivity contribution in [1.29, 1.82) is 0 Å². The molecule has 0 amide bonds. The molecule has 2 heterocycles. The molecule has 2 fully saturated rings. The van der Waals surface area contributed by atoms with Crippen LogP contribution in [0.15, 0.2) is 0 Å². The maximum absolute atomic E-state index is 9.92. The minimum atomic E-state index is -0.222. The zero-order valence-electron chi connectivity index (χ0n) is 12.2. The second-order valence-electron chi connectivity index (χ2n) is 6.51. The van der Waals surface area contributed by atoms with Crippen molar-refractivity contribution < 1.29 is 14.9 Å². The van der Waals surface area contributed by atoms with Gasteiger partial charge in [0.1, 0.15) is 0 Å². The van der Waals surface area contributed by atoms with Crippen LogP contribution in [0.5, 0.6) is 0 Å². The lowest BCUT2D eigenvalue weighted by Crippen LogP contribution is -2.47. The minimum Gasteiger partial charge on any atom is -0.396 e. The van der Waals surface area contributed by atoms with E-state index in [1.54, 1.807) is 0 Å². The van der Waals surface area contributed by atoms with Crippen LogP contribution in [0, 0.1) is 5.41 Å². The van der Waals surface area contributed by atoms with Crippen molar-refractivity contribution in [3.63, 3.8) is 0 Å². The topological polar surface area (TPSA) is 56.2 Å². The van der Waals surface area contributed by atoms with Gasteiger partial charge in [0.25, 0.3) is 0 Å². The molecule has 0 bridgehead atoms. The number of likely N-dealkylation sites (tertiary alicyclic amines) is 1. The zero-order valence-corrected chi connectivity index (χ0v) is 12.2. The van der Waals surface area contributed by atoms with Gasteiger partial charge >= 0.3 is 0 Å². The highest BCUT2D eigenvalue weighted by Crippen LogP contribution is 2.33. The summed E-state index contributed by atoms with van der Waals surface area (Å²) in [6.07, 6.45) is 2.46. The Labute approximate surface area is 116 Å². The molecule has 2 unspecified atom stereocenters. The monoisotopic (exact) mass is 272 g/mol. The SMILES string of the molecule is CN(C)CC1CC(O)CN1CC1(CO)CCOCC1. The molecule has 112 valence electrons. The van der Waals surface area contributed by atoms with Crippen LogP contribution in [0.4, 0.5) is 0 Å². The molecule has 0 aliphatic carbocycles. The Morgan fingerprint density at radius 3 is 2.58 bits per heavy atom. The van der Waals surface area contributed by atoms with Crippen molar-refractivity contribution in [2.75, 3.05) is 53.6 Å². The van der Waals surface area contributed by atoms with Crippen LogP contribution >= 0.6 is 0 Å². The molecule has 0 aromatic heterocycles. The van der Waals surface area contributed by atoms with Gasteiger partial charge in [-0.05, 0) is 33.4 Å². The Morgan fingerprint density at radius 1 is 1.32 bits per heavy atom. The van der Waals surface area contributed by atoms with E-state index in [0.717, 1.165) is 52.1 Å². The van der Waals surface area contributed by atoms with Gasteiger partial charge in [-0.25, -0.2) is 0 Å². The molecule has 5 heteroatoms. The lowest BCUT2D eigenvalue weighted by molar-refractivity contribution is -0.0379. The van der Waals surface area contributed by atoms with Crippen LogP contribution in [0.1, 0.15) is 19.3 Å². The molecular weight excluding hydrogens is 244 g/mol. The number of aliphatic hydroxyl groups is 2. The van der Waals surface area contributed by atoms with Crippen LogP contribution in [0.3, 0.4) is 0 Å². The molecule has 0 aromatic rings. The largest absolute Gasteiger partial charge is 0.396 e. The number of hydrogen-bond donors (Lipinski definition) is 2. The predicted octanol–water partition coefficient (Wildman–Crippen LogP) is -0.228. The van der Waals surface area contributed by atoms with Gasteiger partial charge in [0.15, 0.2) is 0 Å². The first-order valence-corrected chi connectivity index (χ1v) is 7.30. The van der Waals surface area contributed by atoms with Gasteiger partial charge in [0, 0.05) is 44.3 Å². The normalized spacial score (nSPS) is 32.1.